The molecule has 0 saturated carbocycles. The van der Waals surface area contributed by atoms with Gasteiger partial charge in [0.25, 0.3) is 0 Å². The van der Waals surface area contributed by atoms with Crippen molar-refractivity contribution in [3.05, 3.63) is 17.9 Å². The lowest BCUT2D eigenvalue weighted by molar-refractivity contribution is -0.150. The van der Waals surface area contributed by atoms with Gasteiger partial charge >= 0.3 is 5.97 Å². The third kappa shape index (κ3) is 12.0. The minimum Gasteiger partial charge on any atom is -0.474 e. The van der Waals surface area contributed by atoms with Gasteiger partial charge < -0.3 is 9.15 Å². The summed E-state index contributed by atoms with van der Waals surface area (Å²) >= 11 is 3.39. The Hall–Kier alpha value is -0.553. The second-order valence-electron chi connectivity index (χ2n) is 9.24. The molecule has 0 radical (unpaired) electrons. The molecule has 1 heterocycles. The van der Waals surface area contributed by atoms with E-state index in [-0.39, 0.29) is 12.1 Å². The maximum absolute atomic E-state index is 12.2. The summed E-state index contributed by atoms with van der Waals surface area (Å²) in [4.78, 5) is 12.2. The Balaban J connectivity index is 2.43. The molecule has 0 bridgehead atoms. The second kappa shape index (κ2) is 15.3. The van der Waals surface area contributed by atoms with E-state index in [1.807, 2.05) is 6.26 Å². The Bertz CT molecular complexity index is 551. The van der Waals surface area contributed by atoms with Crippen molar-refractivity contribution in [3.63, 3.8) is 0 Å². The molecule has 3 nitrogen and oxygen atoms in total. The standard InChI is InChI=1S/C24H43BrO3Si/c1-5-6-7-8-9-10-11-12-13-14-16-22(28-23(26)17-15-18-25)21-19-24(27-20-21)29(2,3)4/h19-20,22H,5-18H2,1-4H3. The molecule has 0 spiro atoms. The number of carbonyl (C=O) groups excluding carboxylic acids is 1. The maximum Gasteiger partial charge on any atom is 0.306 e. The number of ether oxygens (including phenoxy) is 1. The van der Waals surface area contributed by atoms with Crippen LogP contribution < -0.4 is 5.38 Å². The van der Waals surface area contributed by atoms with E-state index >= 15 is 0 Å². The molecule has 5 heteroatoms. The molecule has 1 aromatic rings. The van der Waals surface area contributed by atoms with Crippen LogP contribution in [0.3, 0.4) is 0 Å². The molecular formula is C24H43BrO3Si. The van der Waals surface area contributed by atoms with Gasteiger partial charge in [0.1, 0.15) is 14.2 Å². The average Bonchev–Trinajstić information content (AvgIpc) is 3.17. The van der Waals surface area contributed by atoms with Gasteiger partial charge in [0.2, 0.25) is 0 Å². The summed E-state index contributed by atoms with van der Waals surface area (Å²) in [5, 5.41) is 1.91. The number of alkyl halides is 1. The van der Waals surface area contributed by atoms with E-state index in [9.17, 15) is 4.79 Å². The average molecular weight is 488 g/mol. The number of hydrogen-bond donors (Lipinski definition) is 0. The number of unbranched alkanes of at least 4 members (excludes halogenated alkanes) is 9. The van der Waals surface area contributed by atoms with Crippen molar-refractivity contribution in [1.29, 1.82) is 0 Å². The smallest absolute Gasteiger partial charge is 0.306 e. The topological polar surface area (TPSA) is 39.4 Å². The fourth-order valence-corrected chi connectivity index (χ4v) is 4.75. The van der Waals surface area contributed by atoms with Crippen molar-refractivity contribution in [2.75, 3.05) is 5.33 Å². The molecule has 0 aromatic carbocycles. The highest BCUT2D eigenvalue weighted by atomic mass is 79.9. The summed E-state index contributed by atoms with van der Waals surface area (Å²) < 4.78 is 11.7. The summed E-state index contributed by atoms with van der Waals surface area (Å²) in [6.07, 6.45) is 16.9. The molecular weight excluding hydrogens is 444 g/mol. The van der Waals surface area contributed by atoms with Gasteiger partial charge in [-0.05, 0) is 25.3 Å². The molecule has 1 unspecified atom stereocenters. The predicted molar refractivity (Wildman–Crippen MR) is 130 cm³/mol. The summed E-state index contributed by atoms with van der Waals surface area (Å²) in [7, 11) is -1.50. The van der Waals surface area contributed by atoms with Gasteiger partial charge in [-0.3, -0.25) is 4.79 Å². The number of hydrogen-bond acceptors (Lipinski definition) is 3. The van der Waals surface area contributed by atoms with Crippen molar-refractivity contribution < 1.29 is 13.9 Å². The zero-order valence-electron chi connectivity index (χ0n) is 19.2. The first-order chi connectivity index (χ1) is 13.9. The summed E-state index contributed by atoms with van der Waals surface area (Å²) in [6.45, 7) is 9.08. The normalized spacial score (nSPS) is 12.9. The first-order valence-electron chi connectivity index (χ1n) is 11.7. The van der Waals surface area contributed by atoms with Crippen molar-refractivity contribution >= 4 is 35.4 Å². The van der Waals surface area contributed by atoms with Gasteiger partial charge in [0.15, 0.2) is 0 Å². The molecule has 0 aliphatic rings. The van der Waals surface area contributed by atoms with Crippen LogP contribution in [0.15, 0.2) is 16.7 Å². The van der Waals surface area contributed by atoms with E-state index in [1.165, 1.54) is 57.8 Å². The van der Waals surface area contributed by atoms with Crippen LogP contribution in [0, 0.1) is 0 Å². The Labute approximate surface area is 188 Å². The van der Waals surface area contributed by atoms with Gasteiger partial charge in [-0.1, -0.05) is 100 Å². The van der Waals surface area contributed by atoms with Crippen LogP contribution in [0.2, 0.25) is 19.6 Å². The van der Waals surface area contributed by atoms with Crippen LogP contribution in [0.5, 0.6) is 0 Å². The minimum absolute atomic E-state index is 0.0997. The molecule has 0 aliphatic carbocycles. The Morgan fingerprint density at radius 2 is 1.59 bits per heavy atom. The van der Waals surface area contributed by atoms with Gasteiger partial charge in [-0.2, -0.15) is 0 Å². The van der Waals surface area contributed by atoms with Crippen molar-refractivity contribution in [2.45, 2.75) is 116 Å². The number of furan rings is 1. The third-order valence-electron chi connectivity index (χ3n) is 5.34. The van der Waals surface area contributed by atoms with Crippen LogP contribution in [0.1, 0.15) is 102 Å². The van der Waals surface area contributed by atoms with Crippen LogP contribution in [0.4, 0.5) is 0 Å². The lowest BCUT2D eigenvalue weighted by Gasteiger charge is -2.17. The van der Waals surface area contributed by atoms with Gasteiger partial charge in [-0.25, -0.2) is 0 Å². The number of rotatable bonds is 17. The number of carbonyl (C=O) groups is 1. The third-order valence-corrected chi connectivity index (χ3v) is 7.64. The van der Waals surface area contributed by atoms with Gasteiger partial charge in [0, 0.05) is 17.3 Å². The zero-order valence-corrected chi connectivity index (χ0v) is 21.8. The Morgan fingerprint density at radius 3 is 2.10 bits per heavy atom. The predicted octanol–water partition coefficient (Wildman–Crippen LogP) is 7.90. The van der Waals surface area contributed by atoms with E-state index in [0.29, 0.717) is 6.42 Å². The molecule has 0 N–H and O–H groups in total. The largest absolute Gasteiger partial charge is 0.474 e. The molecule has 168 valence electrons. The Kier molecular flexibility index (Phi) is 14.0. The molecule has 1 atom stereocenters. The lowest BCUT2D eigenvalue weighted by atomic mass is 10.0. The quantitative estimate of drug-likeness (QED) is 0.0970. The highest BCUT2D eigenvalue weighted by Crippen LogP contribution is 2.26. The lowest BCUT2D eigenvalue weighted by Crippen LogP contribution is -2.36. The minimum atomic E-state index is -1.50. The number of esters is 1. The first kappa shape index (κ1) is 26.5. The maximum atomic E-state index is 12.2. The van der Waals surface area contributed by atoms with E-state index in [4.69, 9.17) is 9.15 Å². The highest BCUT2D eigenvalue weighted by molar-refractivity contribution is 9.09. The van der Waals surface area contributed by atoms with E-state index in [2.05, 4.69) is 48.6 Å². The second-order valence-corrected chi connectivity index (χ2v) is 15.0. The number of halogens is 1. The van der Waals surface area contributed by atoms with Crippen LogP contribution in [-0.2, 0) is 9.53 Å². The van der Waals surface area contributed by atoms with Crippen LogP contribution in [-0.4, -0.2) is 19.4 Å². The van der Waals surface area contributed by atoms with Gasteiger partial charge in [0.05, 0.1) is 11.6 Å². The van der Waals surface area contributed by atoms with Crippen molar-refractivity contribution in [1.82, 2.24) is 0 Å². The molecule has 0 amide bonds. The SMILES string of the molecule is CCCCCCCCCCCCC(OC(=O)CCCBr)c1coc([Si](C)(C)C)c1. The van der Waals surface area contributed by atoms with E-state index in [0.717, 1.165) is 35.5 Å². The Morgan fingerprint density at radius 1 is 1.00 bits per heavy atom. The first-order valence-corrected chi connectivity index (χ1v) is 16.3. The van der Waals surface area contributed by atoms with Gasteiger partial charge in [-0.15, -0.1) is 0 Å². The molecule has 1 aromatic heterocycles. The van der Waals surface area contributed by atoms with Crippen molar-refractivity contribution in [3.8, 4) is 0 Å². The van der Waals surface area contributed by atoms with Crippen LogP contribution in [0.25, 0.3) is 0 Å². The van der Waals surface area contributed by atoms with E-state index in [1.54, 1.807) is 0 Å². The molecule has 0 fully saturated rings. The fourth-order valence-electron chi connectivity index (χ4n) is 3.45. The summed E-state index contributed by atoms with van der Waals surface area (Å²) in [5.41, 5.74) is 1.03. The van der Waals surface area contributed by atoms with Crippen molar-refractivity contribution in [2.24, 2.45) is 0 Å². The van der Waals surface area contributed by atoms with E-state index < -0.39 is 8.07 Å². The molecule has 0 saturated heterocycles. The fraction of sp³-hybridized carbons (Fsp3) is 0.792. The summed E-state index contributed by atoms with van der Waals surface area (Å²) in [5.74, 6) is -0.0997. The monoisotopic (exact) mass is 486 g/mol. The summed E-state index contributed by atoms with van der Waals surface area (Å²) in [6, 6.07) is 2.13. The molecule has 1 rings (SSSR count). The molecule has 29 heavy (non-hydrogen) atoms. The molecule has 0 aliphatic heterocycles. The highest BCUT2D eigenvalue weighted by Gasteiger charge is 2.25. The van der Waals surface area contributed by atoms with Crippen LogP contribution >= 0.6 is 15.9 Å². The zero-order chi connectivity index (χ0) is 21.5.